The molecule has 18 heavy (non-hydrogen) atoms. The number of hydrogen-bond acceptors (Lipinski definition) is 3. The van der Waals surface area contributed by atoms with E-state index in [1.807, 2.05) is 30.3 Å². The molecule has 0 N–H and O–H groups in total. The third-order valence-electron chi connectivity index (χ3n) is 2.51. The van der Waals surface area contributed by atoms with Crippen LogP contribution in [0.3, 0.4) is 0 Å². The van der Waals surface area contributed by atoms with E-state index in [1.165, 1.54) is 6.26 Å². The van der Waals surface area contributed by atoms with Gasteiger partial charge in [-0.2, -0.15) is 0 Å². The Hall–Kier alpha value is -2.36. The van der Waals surface area contributed by atoms with Crippen LogP contribution in [0.2, 0.25) is 0 Å². The quantitative estimate of drug-likeness (QED) is 0.757. The summed E-state index contributed by atoms with van der Waals surface area (Å²) in [5, 5.41) is 3.66. The van der Waals surface area contributed by atoms with Crippen molar-refractivity contribution in [2.45, 2.75) is 6.54 Å². The van der Waals surface area contributed by atoms with Crippen LogP contribution in [0.4, 0.5) is 0 Å². The standard InChI is InChI=1S/C14H14N2O2/c1-2-9-16(11-12-6-4-3-5-7-12)14(17)13-8-10-18-15-13/h2-8,10H,1,9,11H2. The molecule has 0 aliphatic carbocycles. The fourth-order valence-electron chi connectivity index (χ4n) is 1.66. The van der Waals surface area contributed by atoms with Crippen molar-refractivity contribution >= 4 is 5.91 Å². The number of carbonyl (C=O) groups is 1. The van der Waals surface area contributed by atoms with Crippen molar-refractivity contribution < 1.29 is 9.32 Å². The molecule has 4 nitrogen and oxygen atoms in total. The normalized spacial score (nSPS) is 10.0. The number of hydrogen-bond donors (Lipinski definition) is 0. The highest BCUT2D eigenvalue weighted by Gasteiger charge is 2.17. The van der Waals surface area contributed by atoms with Crippen molar-refractivity contribution in [3.63, 3.8) is 0 Å². The van der Waals surface area contributed by atoms with E-state index in [0.29, 0.717) is 18.8 Å². The number of amides is 1. The molecule has 1 heterocycles. The summed E-state index contributed by atoms with van der Waals surface area (Å²) in [6.45, 7) is 4.67. The number of rotatable bonds is 5. The second-order valence-electron chi connectivity index (χ2n) is 3.84. The molecule has 0 radical (unpaired) electrons. The lowest BCUT2D eigenvalue weighted by atomic mass is 10.2. The lowest BCUT2D eigenvalue weighted by Gasteiger charge is -2.19. The Labute approximate surface area is 106 Å². The number of carbonyl (C=O) groups excluding carboxylic acids is 1. The van der Waals surface area contributed by atoms with Crippen LogP contribution >= 0.6 is 0 Å². The first-order valence-corrected chi connectivity index (χ1v) is 5.65. The predicted molar refractivity (Wildman–Crippen MR) is 67.9 cm³/mol. The minimum atomic E-state index is -0.160. The predicted octanol–water partition coefficient (Wildman–Crippen LogP) is 2.50. The molecule has 2 rings (SSSR count). The Morgan fingerprint density at radius 2 is 2.11 bits per heavy atom. The average molecular weight is 242 g/mol. The van der Waals surface area contributed by atoms with Crippen LogP contribution in [0, 0.1) is 0 Å². The van der Waals surface area contributed by atoms with E-state index in [-0.39, 0.29) is 5.91 Å². The molecule has 0 atom stereocenters. The summed E-state index contributed by atoms with van der Waals surface area (Å²) in [7, 11) is 0. The van der Waals surface area contributed by atoms with Gasteiger partial charge in [0.25, 0.3) is 5.91 Å². The van der Waals surface area contributed by atoms with Gasteiger partial charge in [-0.25, -0.2) is 0 Å². The molecular formula is C14H14N2O2. The van der Waals surface area contributed by atoms with E-state index < -0.39 is 0 Å². The highest BCUT2D eigenvalue weighted by molar-refractivity contribution is 5.92. The minimum absolute atomic E-state index is 0.160. The summed E-state index contributed by atoms with van der Waals surface area (Å²) in [4.78, 5) is 13.8. The van der Waals surface area contributed by atoms with Gasteiger partial charge in [0.1, 0.15) is 6.26 Å². The van der Waals surface area contributed by atoms with E-state index in [9.17, 15) is 4.79 Å². The van der Waals surface area contributed by atoms with Gasteiger partial charge in [-0.3, -0.25) is 4.79 Å². The van der Waals surface area contributed by atoms with Crippen molar-refractivity contribution in [1.29, 1.82) is 0 Å². The zero-order chi connectivity index (χ0) is 12.8. The van der Waals surface area contributed by atoms with Gasteiger partial charge < -0.3 is 9.42 Å². The Morgan fingerprint density at radius 3 is 2.72 bits per heavy atom. The first kappa shape index (κ1) is 12.1. The fraction of sp³-hybridized carbons (Fsp3) is 0.143. The molecule has 1 aromatic heterocycles. The third kappa shape index (κ3) is 2.85. The Kier molecular flexibility index (Phi) is 3.91. The van der Waals surface area contributed by atoms with E-state index in [1.54, 1.807) is 17.0 Å². The largest absolute Gasteiger partial charge is 0.364 e. The molecule has 0 unspecified atom stereocenters. The maximum absolute atomic E-state index is 12.2. The van der Waals surface area contributed by atoms with Gasteiger partial charge in [0.15, 0.2) is 5.69 Å². The lowest BCUT2D eigenvalue weighted by Crippen LogP contribution is -2.30. The molecule has 2 aromatic rings. The van der Waals surface area contributed by atoms with Gasteiger partial charge in [0, 0.05) is 19.2 Å². The first-order chi connectivity index (χ1) is 8.81. The van der Waals surface area contributed by atoms with Crippen LogP contribution in [0.1, 0.15) is 16.1 Å². The average Bonchev–Trinajstić information content (AvgIpc) is 2.92. The molecule has 4 heteroatoms. The molecule has 92 valence electrons. The lowest BCUT2D eigenvalue weighted by molar-refractivity contribution is 0.0752. The zero-order valence-corrected chi connectivity index (χ0v) is 9.95. The van der Waals surface area contributed by atoms with E-state index >= 15 is 0 Å². The summed E-state index contributed by atoms with van der Waals surface area (Å²) in [5.74, 6) is -0.160. The molecule has 0 saturated carbocycles. The smallest absolute Gasteiger partial charge is 0.276 e. The maximum Gasteiger partial charge on any atom is 0.276 e. The van der Waals surface area contributed by atoms with Crippen molar-refractivity contribution in [1.82, 2.24) is 10.1 Å². The molecule has 0 aliphatic rings. The molecule has 0 saturated heterocycles. The van der Waals surface area contributed by atoms with E-state index in [4.69, 9.17) is 4.52 Å². The summed E-state index contributed by atoms with van der Waals surface area (Å²) in [6, 6.07) is 11.4. The van der Waals surface area contributed by atoms with Gasteiger partial charge in [0.2, 0.25) is 0 Å². The topological polar surface area (TPSA) is 46.3 Å². The monoisotopic (exact) mass is 242 g/mol. The van der Waals surface area contributed by atoms with E-state index in [2.05, 4.69) is 11.7 Å². The van der Waals surface area contributed by atoms with E-state index in [0.717, 1.165) is 5.56 Å². The highest BCUT2D eigenvalue weighted by atomic mass is 16.5. The van der Waals surface area contributed by atoms with Crippen LogP contribution in [0.15, 0.2) is 59.8 Å². The molecule has 1 amide bonds. The van der Waals surface area contributed by atoms with Crippen LogP contribution in [0.5, 0.6) is 0 Å². The molecule has 0 fully saturated rings. The summed E-state index contributed by atoms with van der Waals surface area (Å²) in [5.41, 5.74) is 1.38. The number of benzene rings is 1. The summed E-state index contributed by atoms with van der Waals surface area (Å²) < 4.78 is 4.69. The van der Waals surface area contributed by atoms with Crippen LogP contribution in [0.25, 0.3) is 0 Å². The minimum Gasteiger partial charge on any atom is -0.364 e. The van der Waals surface area contributed by atoms with Gasteiger partial charge in [-0.05, 0) is 5.56 Å². The molecule has 0 spiro atoms. The summed E-state index contributed by atoms with van der Waals surface area (Å²) >= 11 is 0. The van der Waals surface area contributed by atoms with Crippen molar-refractivity contribution in [3.05, 3.63) is 66.6 Å². The highest BCUT2D eigenvalue weighted by Crippen LogP contribution is 2.08. The van der Waals surface area contributed by atoms with Crippen LogP contribution in [-0.2, 0) is 6.54 Å². The van der Waals surface area contributed by atoms with Crippen molar-refractivity contribution in [2.75, 3.05) is 6.54 Å². The second-order valence-corrected chi connectivity index (χ2v) is 3.84. The molecule has 1 aromatic carbocycles. The first-order valence-electron chi connectivity index (χ1n) is 5.65. The van der Waals surface area contributed by atoms with Gasteiger partial charge in [-0.15, -0.1) is 6.58 Å². The third-order valence-corrected chi connectivity index (χ3v) is 2.51. The van der Waals surface area contributed by atoms with Crippen LogP contribution < -0.4 is 0 Å². The van der Waals surface area contributed by atoms with Gasteiger partial charge in [0.05, 0.1) is 0 Å². The van der Waals surface area contributed by atoms with Crippen molar-refractivity contribution in [3.8, 4) is 0 Å². The Morgan fingerprint density at radius 1 is 1.33 bits per heavy atom. The second kappa shape index (κ2) is 5.82. The Bertz CT molecular complexity index is 506. The van der Waals surface area contributed by atoms with Gasteiger partial charge >= 0.3 is 0 Å². The zero-order valence-electron chi connectivity index (χ0n) is 9.95. The SMILES string of the molecule is C=CCN(Cc1ccccc1)C(=O)c1ccon1. The molecule has 0 bridgehead atoms. The van der Waals surface area contributed by atoms with Gasteiger partial charge in [-0.1, -0.05) is 41.6 Å². The van der Waals surface area contributed by atoms with Crippen molar-refractivity contribution in [2.24, 2.45) is 0 Å². The molecule has 0 aliphatic heterocycles. The fourth-order valence-corrected chi connectivity index (χ4v) is 1.66. The Balaban J connectivity index is 2.13. The summed E-state index contributed by atoms with van der Waals surface area (Å²) in [6.07, 6.45) is 3.09. The van der Waals surface area contributed by atoms with Crippen LogP contribution in [-0.4, -0.2) is 22.5 Å². The maximum atomic E-state index is 12.2. The number of aromatic nitrogens is 1. The molecular weight excluding hydrogens is 228 g/mol. The number of nitrogens with zero attached hydrogens (tertiary/aromatic N) is 2.